The molecule has 0 saturated heterocycles. The summed E-state index contributed by atoms with van der Waals surface area (Å²) in [7, 11) is 0.000682. The van der Waals surface area contributed by atoms with Crippen molar-refractivity contribution in [3.8, 4) is 11.5 Å². The van der Waals surface area contributed by atoms with Gasteiger partial charge in [-0.1, -0.05) is 6.07 Å². The minimum absolute atomic E-state index is 0.0251. The average Bonchev–Trinajstić information content (AvgIpc) is 3.02. The lowest BCUT2D eigenvalue weighted by molar-refractivity contribution is 0.174. The lowest BCUT2D eigenvalue weighted by atomic mass is 10.1. The maximum absolute atomic E-state index is 13.0. The maximum atomic E-state index is 13.0. The first-order valence-corrected chi connectivity index (χ1v) is 9.16. The first kappa shape index (κ1) is 17.7. The van der Waals surface area contributed by atoms with E-state index < -0.39 is 15.8 Å². The van der Waals surface area contributed by atoms with Crippen LogP contribution in [0, 0.1) is 5.82 Å². The molecule has 1 N–H and O–H groups in total. The zero-order valence-corrected chi connectivity index (χ0v) is 14.7. The van der Waals surface area contributed by atoms with Crippen LogP contribution in [0.15, 0.2) is 47.4 Å². The van der Waals surface area contributed by atoms with E-state index in [2.05, 4.69) is 4.72 Å². The molecule has 1 atom stereocenters. The van der Waals surface area contributed by atoms with Gasteiger partial charge in [0.2, 0.25) is 16.8 Å². The monoisotopic (exact) mass is 366 g/mol. The molecule has 0 radical (unpaired) electrons. The highest BCUT2D eigenvalue weighted by atomic mass is 32.2. The number of hydrogen-bond donors (Lipinski definition) is 1. The molecule has 1 heterocycles. The van der Waals surface area contributed by atoms with E-state index in [-0.39, 0.29) is 24.3 Å². The fourth-order valence-corrected chi connectivity index (χ4v) is 3.64. The minimum Gasteiger partial charge on any atom is -0.454 e. The Morgan fingerprint density at radius 1 is 1.12 bits per heavy atom. The van der Waals surface area contributed by atoms with Crippen LogP contribution in [0.2, 0.25) is 0 Å². The third kappa shape index (κ3) is 3.92. The molecule has 3 rings (SSSR count). The van der Waals surface area contributed by atoms with Crippen LogP contribution in [-0.2, 0) is 10.0 Å². The Morgan fingerprint density at radius 3 is 2.48 bits per heavy atom. The second-order valence-electron chi connectivity index (χ2n) is 5.90. The molecule has 0 saturated carbocycles. The second-order valence-corrected chi connectivity index (χ2v) is 7.66. The van der Waals surface area contributed by atoms with Crippen molar-refractivity contribution >= 4 is 10.0 Å². The van der Waals surface area contributed by atoms with Crippen molar-refractivity contribution in [1.29, 1.82) is 0 Å². The molecule has 0 bridgehead atoms. The van der Waals surface area contributed by atoms with Crippen molar-refractivity contribution in [1.82, 2.24) is 9.62 Å². The van der Waals surface area contributed by atoms with Crippen LogP contribution in [0.1, 0.15) is 11.6 Å². The summed E-state index contributed by atoms with van der Waals surface area (Å²) in [5.74, 6) is 0.837. The Bertz CT molecular complexity index is 853. The SMILES string of the molecule is CN(C)C(CNS(=O)(=O)c1ccc(F)cc1)c1ccc2c(c1)OCO2. The molecule has 0 aromatic heterocycles. The number of ether oxygens (including phenoxy) is 2. The summed E-state index contributed by atoms with van der Waals surface area (Å²) in [6.45, 7) is 0.342. The van der Waals surface area contributed by atoms with Gasteiger partial charge in [0.15, 0.2) is 11.5 Å². The third-order valence-electron chi connectivity index (χ3n) is 4.00. The number of rotatable bonds is 6. The van der Waals surface area contributed by atoms with Gasteiger partial charge in [-0.25, -0.2) is 17.5 Å². The molecule has 1 aliphatic heterocycles. The zero-order valence-electron chi connectivity index (χ0n) is 13.9. The van der Waals surface area contributed by atoms with E-state index >= 15 is 0 Å². The number of hydrogen-bond acceptors (Lipinski definition) is 5. The fraction of sp³-hybridized carbons (Fsp3) is 0.294. The molecule has 6 nitrogen and oxygen atoms in total. The molecule has 2 aromatic rings. The lowest BCUT2D eigenvalue weighted by Crippen LogP contribution is -2.34. The molecule has 134 valence electrons. The molecule has 25 heavy (non-hydrogen) atoms. The second kappa shape index (κ2) is 6.99. The first-order chi connectivity index (χ1) is 11.9. The van der Waals surface area contributed by atoms with Gasteiger partial charge < -0.3 is 14.4 Å². The van der Waals surface area contributed by atoms with Crippen molar-refractivity contribution in [2.75, 3.05) is 27.4 Å². The van der Waals surface area contributed by atoms with Gasteiger partial charge in [0, 0.05) is 12.6 Å². The minimum atomic E-state index is -3.72. The third-order valence-corrected chi connectivity index (χ3v) is 5.43. The molecule has 0 fully saturated rings. The van der Waals surface area contributed by atoms with E-state index in [9.17, 15) is 12.8 Å². The van der Waals surface area contributed by atoms with Crippen LogP contribution in [0.3, 0.4) is 0 Å². The number of likely N-dealkylation sites (N-methyl/N-ethyl adjacent to an activating group) is 1. The lowest BCUT2D eigenvalue weighted by Gasteiger charge is -2.25. The van der Waals surface area contributed by atoms with Gasteiger partial charge in [-0.3, -0.25) is 0 Å². The van der Waals surface area contributed by atoms with Gasteiger partial charge in [0.05, 0.1) is 4.90 Å². The summed E-state index contributed by atoms with van der Waals surface area (Å²) in [6, 6.07) is 10.0. The molecular weight excluding hydrogens is 347 g/mol. The Labute approximate surface area is 146 Å². The fourth-order valence-electron chi connectivity index (χ4n) is 2.60. The number of nitrogens with one attached hydrogen (secondary N) is 1. The van der Waals surface area contributed by atoms with Crippen molar-refractivity contribution in [2.24, 2.45) is 0 Å². The normalized spacial score (nSPS) is 14.7. The molecule has 0 spiro atoms. The molecule has 0 amide bonds. The molecular formula is C17H19FN2O4S. The van der Waals surface area contributed by atoms with E-state index in [4.69, 9.17) is 9.47 Å². The van der Waals surface area contributed by atoms with Gasteiger partial charge >= 0.3 is 0 Å². The predicted molar refractivity (Wildman–Crippen MR) is 90.6 cm³/mol. The first-order valence-electron chi connectivity index (χ1n) is 7.68. The van der Waals surface area contributed by atoms with Crippen molar-refractivity contribution in [3.63, 3.8) is 0 Å². The van der Waals surface area contributed by atoms with E-state index in [1.807, 2.05) is 37.2 Å². The van der Waals surface area contributed by atoms with Crippen LogP contribution in [-0.4, -0.2) is 40.8 Å². The largest absolute Gasteiger partial charge is 0.454 e. The number of fused-ring (bicyclic) bond motifs is 1. The number of nitrogens with zero attached hydrogens (tertiary/aromatic N) is 1. The summed E-state index contributed by atoms with van der Waals surface area (Å²) in [6.07, 6.45) is 0. The topological polar surface area (TPSA) is 67.9 Å². The van der Waals surface area contributed by atoms with Crippen LogP contribution in [0.25, 0.3) is 0 Å². The standard InChI is InChI=1S/C17H19FN2O4S/c1-20(2)15(12-3-8-16-17(9-12)24-11-23-16)10-19-25(21,22)14-6-4-13(18)5-7-14/h3-9,15,19H,10-11H2,1-2H3. The smallest absolute Gasteiger partial charge is 0.240 e. The van der Waals surface area contributed by atoms with Crippen LogP contribution in [0.4, 0.5) is 4.39 Å². The molecule has 2 aromatic carbocycles. The van der Waals surface area contributed by atoms with E-state index in [1.165, 1.54) is 12.1 Å². The maximum Gasteiger partial charge on any atom is 0.240 e. The predicted octanol–water partition coefficient (Wildman–Crippen LogP) is 2.14. The highest BCUT2D eigenvalue weighted by molar-refractivity contribution is 7.89. The van der Waals surface area contributed by atoms with E-state index in [1.54, 1.807) is 0 Å². The molecule has 1 aliphatic rings. The van der Waals surface area contributed by atoms with Gasteiger partial charge in [-0.05, 0) is 56.1 Å². The summed E-state index contributed by atoms with van der Waals surface area (Å²) in [5.41, 5.74) is 0.899. The molecule has 0 aliphatic carbocycles. The van der Waals surface area contributed by atoms with Crippen LogP contribution >= 0.6 is 0 Å². The van der Waals surface area contributed by atoms with Crippen molar-refractivity contribution < 1.29 is 22.3 Å². The zero-order chi connectivity index (χ0) is 18.0. The quantitative estimate of drug-likeness (QED) is 0.848. The Kier molecular flexibility index (Phi) is 4.94. The van der Waals surface area contributed by atoms with Gasteiger partial charge in [-0.15, -0.1) is 0 Å². The highest BCUT2D eigenvalue weighted by Gasteiger charge is 2.22. The number of benzene rings is 2. The van der Waals surface area contributed by atoms with E-state index in [0.717, 1.165) is 17.7 Å². The van der Waals surface area contributed by atoms with Crippen LogP contribution in [0.5, 0.6) is 11.5 Å². The van der Waals surface area contributed by atoms with Gasteiger partial charge in [0.1, 0.15) is 5.82 Å². The number of halogens is 1. The van der Waals surface area contributed by atoms with Gasteiger partial charge in [-0.2, -0.15) is 0 Å². The number of sulfonamides is 1. The van der Waals surface area contributed by atoms with E-state index in [0.29, 0.717) is 11.5 Å². The van der Waals surface area contributed by atoms with Crippen LogP contribution < -0.4 is 14.2 Å². The average molecular weight is 366 g/mol. The highest BCUT2D eigenvalue weighted by Crippen LogP contribution is 2.35. The molecule has 1 unspecified atom stereocenters. The van der Waals surface area contributed by atoms with Crippen molar-refractivity contribution in [2.45, 2.75) is 10.9 Å². The summed E-state index contributed by atoms with van der Waals surface area (Å²) in [5, 5.41) is 0. The summed E-state index contributed by atoms with van der Waals surface area (Å²) in [4.78, 5) is 1.93. The van der Waals surface area contributed by atoms with Gasteiger partial charge in [0.25, 0.3) is 0 Å². The Balaban J connectivity index is 1.77. The summed E-state index contributed by atoms with van der Waals surface area (Å²) >= 11 is 0. The molecule has 8 heteroatoms. The Hall–Kier alpha value is -2.16. The van der Waals surface area contributed by atoms with Crippen molar-refractivity contribution in [3.05, 3.63) is 53.8 Å². The summed E-state index contributed by atoms with van der Waals surface area (Å²) < 4.78 is 51.0. The Morgan fingerprint density at radius 2 is 1.80 bits per heavy atom.